The summed E-state index contributed by atoms with van der Waals surface area (Å²) in [4.78, 5) is 0. The second kappa shape index (κ2) is 4.83. The van der Waals surface area contributed by atoms with E-state index >= 15 is 0 Å². The Morgan fingerprint density at radius 2 is 1.70 bits per heavy atom. The molecule has 106 valence electrons. The summed E-state index contributed by atoms with van der Waals surface area (Å²) in [5, 5.41) is 9.14. The number of nitriles is 1. The molecule has 6 heteroatoms. The fourth-order valence-electron chi connectivity index (χ4n) is 1.98. The van der Waals surface area contributed by atoms with Gasteiger partial charge in [-0.2, -0.15) is 5.26 Å². The number of benzene rings is 1. The fraction of sp³-hybridized carbons (Fsp3) is 0.500. The van der Waals surface area contributed by atoms with E-state index in [4.69, 9.17) is 14.6 Å². The molecule has 0 aliphatic carbocycles. The molecule has 3 nitrogen and oxygen atoms in total. The van der Waals surface area contributed by atoms with Gasteiger partial charge in [0.05, 0.1) is 22.8 Å². The Kier molecular flexibility index (Phi) is 3.61. The van der Waals surface area contributed by atoms with Crippen molar-refractivity contribution >= 4 is 12.6 Å². The lowest BCUT2D eigenvalue weighted by Crippen LogP contribution is -2.41. The molecule has 0 aromatic heterocycles. The molecule has 1 aromatic rings. The summed E-state index contributed by atoms with van der Waals surface area (Å²) in [5.41, 5.74) is -0.615. The van der Waals surface area contributed by atoms with Crippen molar-refractivity contribution in [2.24, 2.45) is 0 Å². The summed E-state index contributed by atoms with van der Waals surface area (Å²) in [5.74, 6) is 0. The van der Waals surface area contributed by atoms with Crippen molar-refractivity contribution in [3.63, 3.8) is 0 Å². The van der Waals surface area contributed by atoms with Crippen LogP contribution in [0.3, 0.4) is 0 Å². The van der Waals surface area contributed by atoms with Crippen LogP contribution < -0.4 is 5.46 Å². The zero-order valence-corrected chi connectivity index (χ0v) is 11.9. The third kappa shape index (κ3) is 2.44. The van der Waals surface area contributed by atoms with E-state index in [0.717, 1.165) is 0 Å². The zero-order chi connectivity index (χ0) is 15.1. The first-order valence-corrected chi connectivity index (χ1v) is 6.36. The third-order valence-corrected chi connectivity index (χ3v) is 3.96. The van der Waals surface area contributed by atoms with Crippen LogP contribution in [0.4, 0.5) is 8.78 Å². The largest absolute Gasteiger partial charge is 0.496 e. The fourth-order valence-corrected chi connectivity index (χ4v) is 1.98. The van der Waals surface area contributed by atoms with Crippen LogP contribution in [0.1, 0.15) is 45.2 Å². The van der Waals surface area contributed by atoms with Crippen molar-refractivity contribution in [2.75, 3.05) is 0 Å². The average Bonchev–Trinajstić information content (AvgIpc) is 2.57. The maximum Gasteiger partial charge on any atom is 0.496 e. The Labute approximate surface area is 117 Å². The lowest BCUT2D eigenvalue weighted by Gasteiger charge is -2.32. The van der Waals surface area contributed by atoms with Crippen LogP contribution in [0.5, 0.6) is 0 Å². The van der Waals surface area contributed by atoms with E-state index < -0.39 is 24.7 Å². The van der Waals surface area contributed by atoms with Crippen molar-refractivity contribution in [1.29, 1.82) is 5.26 Å². The molecule has 0 saturated carbocycles. The lowest BCUT2D eigenvalue weighted by molar-refractivity contribution is 0.00578. The first kappa shape index (κ1) is 15.0. The second-order valence-corrected chi connectivity index (χ2v) is 5.85. The van der Waals surface area contributed by atoms with Gasteiger partial charge in [0, 0.05) is 11.0 Å². The summed E-state index contributed by atoms with van der Waals surface area (Å²) in [6.45, 7) is 7.58. The van der Waals surface area contributed by atoms with Crippen molar-refractivity contribution in [3.8, 4) is 6.07 Å². The summed E-state index contributed by atoms with van der Waals surface area (Å²) in [7, 11) is -0.721. The molecule has 1 aromatic carbocycles. The zero-order valence-electron chi connectivity index (χ0n) is 11.9. The highest BCUT2D eigenvalue weighted by Crippen LogP contribution is 2.36. The van der Waals surface area contributed by atoms with Gasteiger partial charge in [-0.1, -0.05) is 12.1 Å². The molecular weight excluding hydrogens is 263 g/mol. The average molecular weight is 279 g/mol. The molecule has 0 unspecified atom stereocenters. The number of halogens is 2. The Morgan fingerprint density at radius 1 is 1.15 bits per heavy atom. The highest BCUT2D eigenvalue weighted by atomic mass is 19.3. The third-order valence-electron chi connectivity index (χ3n) is 3.96. The van der Waals surface area contributed by atoms with E-state index in [0.29, 0.717) is 5.46 Å². The molecule has 1 saturated heterocycles. The van der Waals surface area contributed by atoms with Crippen molar-refractivity contribution in [3.05, 3.63) is 29.3 Å². The highest BCUT2D eigenvalue weighted by molar-refractivity contribution is 6.62. The molecule has 0 N–H and O–H groups in total. The van der Waals surface area contributed by atoms with E-state index in [1.165, 1.54) is 18.2 Å². The van der Waals surface area contributed by atoms with Crippen LogP contribution in [0, 0.1) is 11.3 Å². The molecule has 0 radical (unpaired) electrons. The van der Waals surface area contributed by atoms with Gasteiger partial charge in [-0.3, -0.25) is 0 Å². The van der Waals surface area contributed by atoms with Crippen molar-refractivity contribution < 1.29 is 18.1 Å². The molecule has 2 rings (SSSR count). The van der Waals surface area contributed by atoms with Gasteiger partial charge < -0.3 is 9.31 Å². The van der Waals surface area contributed by atoms with Gasteiger partial charge in [-0.05, 0) is 33.8 Å². The van der Waals surface area contributed by atoms with E-state index in [1.54, 1.807) is 0 Å². The van der Waals surface area contributed by atoms with E-state index in [1.807, 2.05) is 33.8 Å². The number of hydrogen-bond acceptors (Lipinski definition) is 3. The molecule has 1 aliphatic heterocycles. The van der Waals surface area contributed by atoms with Crippen LogP contribution in [0.25, 0.3) is 0 Å². The Bertz CT molecular complexity index is 551. The predicted molar refractivity (Wildman–Crippen MR) is 71.8 cm³/mol. The Hall–Kier alpha value is -1.45. The normalized spacial score (nSPS) is 20.2. The first-order chi connectivity index (χ1) is 9.18. The minimum absolute atomic E-state index is 0.154. The molecule has 0 spiro atoms. The van der Waals surface area contributed by atoms with Gasteiger partial charge in [0.15, 0.2) is 0 Å². The quantitative estimate of drug-likeness (QED) is 0.782. The minimum atomic E-state index is -2.60. The number of nitrogens with zero attached hydrogens (tertiary/aromatic N) is 1. The molecule has 0 atom stereocenters. The number of hydrogen-bond donors (Lipinski definition) is 0. The van der Waals surface area contributed by atoms with Gasteiger partial charge in [0.25, 0.3) is 6.43 Å². The number of rotatable bonds is 2. The second-order valence-electron chi connectivity index (χ2n) is 5.85. The SMILES string of the molecule is CC1(C)OB(c2ccc(C(F)F)cc2C#N)OC1(C)C. The van der Waals surface area contributed by atoms with Crippen molar-refractivity contribution in [1.82, 2.24) is 0 Å². The topological polar surface area (TPSA) is 42.2 Å². The highest BCUT2D eigenvalue weighted by Gasteiger charge is 2.52. The Morgan fingerprint density at radius 3 is 2.15 bits per heavy atom. The van der Waals surface area contributed by atoms with E-state index in [2.05, 4.69) is 0 Å². The minimum Gasteiger partial charge on any atom is -0.399 e. The molecule has 20 heavy (non-hydrogen) atoms. The molecule has 0 amide bonds. The van der Waals surface area contributed by atoms with Gasteiger partial charge in [-0.15, -0.1) is 0 Å². The monoisotopic (exact) mass is 279 g/mol. The summed E-state index contributed by atoms with van der Waals surface area (Å²) in [6, 6.07) is 5.89. The van der Waals surface area contributed by atoms with Gasteiger partial charge in [-0.25, -0.2) is 8.78 Å². The smallest absolute Gasteiger partial charge is 0.399 e. The van der Waals surface area contributed by atoms with E-state index in [-0.39, 0.29) is 11.1 Å². The summed E-state index contributed by atoms with van der Waals surface area (Å²) in [6.07, 6.45) is -2.60. The molecular formula is C14H16BF2NO2. The standard InChI is InChI=1S/C14H16BF2NO2/c1-13(2)14(3,4)20-15(19-13)11-6-5-9(12(16)17)7-10(11)8-18/h5-7,12H,1-4H3. The van der Waals surface area contributed by atoms with Gasteiger partial charge in [0.2, 0.25) is 0 Å². The van der Waals surface area contributed by atoms with Crippen LogP contribution >= 0.6 is 0 Å². The molecule has 0 bridgehead atoms. The summed E-state index contributed by atoms with van der Waals surface area (Å²) < 4.78 is 37.0. The molecule has 1 fully saturated rings. The molecule has 1 aliphatic rings. The Balaban J connectivity index is 2.38. The van der Waals surface area contributed by atoms with Gasteiger partial charge >= 0.3 is 7.12 Å². The number of alkyl halides is 2. The first-order valence-electron chi connectivity index (χ1n) is 6.36. The predicted octanol–water partition coefficient (Wildman–Crippen LogP) is 2.80. The van der Waals surface area contributed by atoms with Gasteiger partial charge in [0.1, 0.15) is 0 Å². The lowest BCUT2D eigenvalue weighted by atomic mass is 9.75. The maximum absolute atomic E-state index is 12.7. The maximum atomic E-state index is 12.7. The van der Waals surface area contributed by atoms with Crippen LogP contribution in [-0.2, 0) is 9.31 Å². The van der Waals surface area contributed by atoms with Crippen LogP contribution in [0.15, 0.2) is 18.2 Å². The van der Waals surface area contributed by atoms with Crippen LogP contribution in [0.2, 0.25) is 0 Å². The van der Waals surface area contributed by atoms with E-state index in [9.17, 15) is 8.78 Å². The van der Waals surface area contributed by atoms with Crippen molar-refractivity contribution in [2.45, 2.75) is 45.3 Å². The van der Waals surface area contributed by atoms with Crippen LogP contribution in [-0.4, -0.2) is 18.3 Å². The molecule has 1 heterocycles. The summed E-state index contributed by atoms with van der Waals surface area (Å²) >= 11 is 0.